The molecule has 0 aliphatic carbocycles. The van der Waals surface area contributed by atoms with Gasteiger partial charge in [-0.05, 0) is 23.8 Å². The first-order valence-corrected chi connectivity index (χ1v) is 5.32. The lowest BCUT2D eigenvalue weighted by Gasteiger charge is -2.03. The van der Waals surface area contributed by atoms with Crippen molar-refractivity contribution in [2.75, 3.05) is 6.54 Å². The van der Waals surface area contributed by atoms with Crippen LogP contribution in [0.1, 0.15) is 19.4 Å². The Bertz CT molecular complexity index is 327. The van der Waals surface area contributed by atoms with Crippen LogP contribution in [0.5, 0.6) is 0 Å². The van der Waals surface area contributed by atoms with E-state index in [-0.39, 0.29) is 5.82 Å². The number of halogens is 2. The first-order chi connectivity index (χ1) is 7.08. The molecular weight excluding hydrogens is 213 g/mol. The van der Waals surface area contributed by atoms with Gasteiger partial charge in [-0.15, -0.1) is 0 Å². The molecule has 0 unspecified atom stereocenters. The normalized spacial score (nSPS) is 11.5. The summed E-state index contributed by atoms with van der Waals surface area (Å²) in [6, 6.07) is 4.94. The fraction of sp³-hybridized carbons (Fsp3) is 0.333. The summed E-state index contributed by atoms with van der Waals surface area (Å²) in [6.07, 6.45) is 3.80. The smallest absolute Gasteiger partial charge is 0.125 e. The van der Waals surface area contributed by atoms with Gasteiger partial charge in [0.15, 0.2) is 0 Å². The summed E-state index contributed by atoms with van der Waals surface area (Å²) < 4.78 is 12.9. The summed E-state index contributed by atoms with van der Waals surface area (Å²) in [4.78, 5) is 0. The van der Waals surface area contributed by atoms with Crippen LogP contribution in [-0.2, 0) is 0 Å². The zero-order valence-corrected chi connectivity index (χ0v) is 9.68. The second-order valence-corrected chi connectivity index (χ2v) is 4.10. The van der Waals surface area contributed by atoms with Gasteiger partial charge in [-0.1, -0.05) is 37.6 Å². The van der Waals surface area contributed by atoms with Crippen molar-refractivity contribution in [1.82, 2.24) is 5.32 Å². The van der Waals surface area contributed by atoms with Crippen LogP contribution in [0.15, 0.2) is 24.3 Å². The molecule has 82 valence electrons. The van der Waals surface area contributed by atoms with Gasteiger partial charge in [0.2, 0.25) is 0 Å². The van der Waals surface area contributed by atoms with Crippen molar-refractivity contribution in [3.63, 3.8) is 0 Å². The van der Waals surface area contributed by atoms with Crippen LogP contribution >= 0.6 is 11.6 Å². The van der Waals surface area contributed by atoms with E-state index in [0.717, 1.165) is 12.1 Å². The van der Waals surface area contributed by atoms with Crippen LogP contribution < -0.4 is 5.32 Å². The van der Waals surface area contributed by atoms with Crippen molar-refractivity contribution < 1.29 is 4.39 Å². The number of nitrogens with one attached hydrogen (secondary N) is 1. The monoisotopic (exact) mass is 227 g/mol. The summed E-state index contributed by atoms with van der Waals surface area (Å²) in [5.74, 6) is -0.307. The van der Waals surface area contributed by atoms with Gasteiger partial charge in [-0.25, -0.2) is 4.39 Å². The zero-order chi connectivity index (χ0) is 11.3. The molecule has 1 aromatic carbocycles. The summed E-state index contributed by atoms with van der Waals surface area (Å²) in [5.41, 5.74) is 0.783. The van der Waals surface area contributed by atoms with E-state index in [1.165, 1.54) is 12.1 Å². The topological polar surface area (TPSA) is 12.0 Å². The molecule has 0 saturated heterocycles. The Morgan fingerprint density at radius 1 is 1.40 bits per heavy atom. The van der Waals surface area contributed by atoms with E-state index in [0.29, 0.717) is 11.1 Å². The van der Waals surface area contributed by atoms with Crippen molar-refractivity contribution in [3.05, 3.63) is 40.7 Å². The molecule has 0 saturated carbocycles. The van der Waals surface area contributed by atoms with Crippen molar-refractivity contribution in [2.24, 2.45) is 0 Å². The Kier molecular flexibility index (Phi) is 4.79. The second-order valence-electron chi connectivity index (χ2n) is 3.67. The van der Waals surface area contributed by atoms with Crippen molar-refractivity contribution >= 4 is 17.7 Å². The van der Waals surface area contributed by atoms with Gasteiger partial charge in [-0.2, -0.15) is 0 Å². The molecule has 0 amide bonds. The van der Waals surface area contributed by atoms with Crippen LogP contribution in [0.4, 0.5) is 4.39 Å². The Morgan fingerprint density at radius 2 is 2.13 bits per heavy atom. The maximum Gasteiger partial charge on any atom is 0.125 e. The fourth-order valence-electron chi connectivity index (χ4n) is 1.17. The third kappa shape index (κ3) is 4.96. The molecule has 1 rings (SSSR count). The van der Waals surface area contributed by atoms with Gasteiger partial charge in [-0.3, -0.25) is 0 Å². The van der Waals surface area contributed by atoms with Gasteiger partial charge in [0, 0.05) is 17.6 Å². The van der Waals surface area contributed by atoms with Crippen LogP contribution in [0, 0.1) is 5.82 Å². The lowest BCUT2D eigenvalue weighted by Crippen LogP contribution is -2.22. The molecule has 0 heterocycles. The fourth-order valence-corrected chi connectivity index (χ4v) is 1.40. The van der Waals surface area contributed by atoms with Gasteiger partial charge in [0.25, 0.3) is 0 Å². The highest BCUT2D eigenvalue weighted by molar-refractivity contribution is 6.30. The largest absolute Gasteiger partial charge is 0.311 e. The Labute approximate surface area is 95.0 Å². The maximum atomic E-state index is 12.9. The minimum Gasteiger partial charge on any atom is -0.311 e. The van der Waals surface area contributed by atoms with Crippen LogP contribution in [0.25, 0.3) is 6.08 Å². The van der Waals surface area contributed by atoms with Crippen molar-refractivity contribution in [2.45, 2.75) is 19.9 Å². The summed E-state index contributed by atoms with van der Waals surface area (Å²) in [6.45, 7) is 4.92. The van der Waals surface area contributed by atoms with Crippen LogP contribution in [-0.4, -0.2) is 12.6 Å². The first-order valence-electron chi connectivity index (χ1n) is 4.94. The summed E-state index contributed by atoms with van der Waals surface area (Å²) in [5, 5.41) is 3.65. The number of benzene rings is 1. The van der Waals surface area contributed by atoms with Gasteiger partial charge in [0.1, 0.15) is 5.82 Å². The van der Waals surface area contributed by atoms with Crippen molar-refractivity contribution in [3.8, 4) is 0 Å². The molecule has 3 heteroatoms. The van der Waals surface area contributed by atoms with Crippen molar-refractivity contribution in [1.29, 1.82) is 0 Å². The number of hydrogen-bond acceptors (Lipinski definition) is 1. The van der Waals surface area contributed by atoms with Crippen LogP contribution in [0.2, 0.25) is 5.02 Å². The highest BCUT2D eigenvalue weighted by Gasteiger charge is 1.95. The Hall–Kier alpha value is -0.860. The molecular formula is C12H15ClFN. The average Bonchev–Trinajstić information content (AvgIpc) is 2.10. The molecule has 0 spiro atoms. The maximum absolute atomic E-state index is 12.9. The predicted molar refractivity (Wildman–Crippen MR) is 63.6 cm³/mol. The second kappa shape index (κ2) is 5.89. The minimum atomic E-state index is -0.307. The van der Waals surface area contributed by atoms with E-state index in [2.05, 4.69) is 19.2 Å². The molecule has 1 nitrogen and oxygen atoms in total. The van der Waals surface area contributed by atoms with Crippen LogP contribution in [0.3, 0.4) is 0 Å². The molecule has 0 aliphatic heterocycles. The lowest BCUT2D eigenvalue weighted by molar-refractivity contribution is 0.627. The lowest BCUT2D eigenvalue weighted by atomic mass is 10.2. The summed E-state index contributed by atoms with van der Waals surface area (Å²) in [7, 11) is 0. The van der Waals surface area contributed by atoms with E-state index < -0.39 is 0 Å². The first kappa shape index (κ1) is 12.2. The molecule has 0 atom stereocenters. The van der Waals surface area contributed by atoms with Gasteiger partial charge >= 0.3 is 0 Å². The molecule has 0 radical (unpaired) electrons. The molecule has 0 fully saturated rings. The highest BCUT2D eigenvalue weighted by Crippen LogP contribution is 2.14. The molecule has 0 aliphatic rings. The predicted octanol–water partition coefficient (Wildman–Crippen LogP) is 3.49. The minimum absolute atomic E-state index is 0.307. The molecule has 0 bridgehead atoms. The Morgan fingerprint density at radius 3 is 2.73 bits per heavy atom. The van der Waals surface area contributed by atoms with E-state index in [4.69, 9.17) is 11.6 Å². The standard InChI is InChI=1S/C12H15ClFN/c1-9(2)15-5-3-4-10-6-11(13)8-12(14)7-10/h3-4,6-9,15H,5H2,1-2H3/b4-3+. The zero-order valence-electron chi connectivity index (χ0n) is 8.93. The van der Waals surface area contributed by atoms with E-state index in [1.807, 2.05) is 12.2 Å². The molecule has 15 heavy (non-hydrogen) atoms. The molecule has 1 aromatic rings. The van der Waals surface area contributed by atoms with E-state index in [1.54, 1.807) is 6.07 Å². The average molecular weight is 228 g/mol. The quantitative estimate of drug-likeness (QED) is 0.831. The number of rotatable bonds is 4. The molecule has 0 aromatic heterocycles. The Balaban J connectivity index is 2.56. The number of hydrogen-bond donors (Lipinski definition) is 1. The molecule has 1 N–H and O–H groups in total. The van der Waals surface area contributed by atoms with Gasteiger partial charge in [0.05, 0.1) is 0 Å². The van der Waals surface area contributed by atoms with E-state index in [9.17, 15) is 4.39 Å². The summed E-state index contributed by atoms with van der Waals surface area (Å²) >= 11 is 5.72. The van der Waals surface area contributed by atoms with Gasteiger partial charge < -0.3 is 5.32 Å². The third-order valence-electron chi connectivity index (χ3n) is 1.84. The SMILES string of the molecule is CC(C)NC/C=C/c1cc(F)cc(Cl)c1. The third-order valence-corrected chi connectivity index (χ3v) is 2.06. The highest BCUT2D eigenvalue weighted by atomic mass is 35.5. The van der Waals surface area contributed by atoms with E-state index >= 15 is 0 Å².